The zero-order chi connectivity index (χ0) is 33.0. The molecular weight excluding hydrogens is 638 g/mol. The van der Waals surface area contributed by atoms with Gasteiger partial charge in [0.15, 0.2) is 14.3 Å². The van der Waals surface area contributed by atoms with Gasteiger partial charge in [-0.3, -0.25) is 4.40 Å². The van der Waals surface area contributed by atoms with Crippen LogP contribution in [-0.2, 0) is 9.13 Å². The molecule has 9 rings (SSSR count). The highest BCUT2D eigenvalue weighted by Crippen LogP contribution is 2.48. The van der Waals surface area contributed by atoms with Crippen molar-refractivity contribution >= 4 is 84.5 Å². The topological polar surface area (TPSA) is 51.4 Å². The van der Waals surface area contributed by atoms with Crippen LogP contribution in [0.3, 0.4) is 0 Å². The predicted octanol–water partition coefficient (Wildman–Crippen LogP) is 8.07. The summed E-state index contributed by atoms with van der Waals surface area (Å²) in [7, 11) is -6.69. The second-order valence-corrected chi connectivity index (χ2v) is 17.7. The van der Waals surface area contributed by atoms with Crippen molar-refractivity contribution in [1.82, 2.24) is 9.38 Å². The van der Waals surface area contributed by atoms with Crippen molar-refractivity contribution in [2.75, 3.05) is 0 Å². The third-order valence-corrected chi connectivity index (χ3v) is 15.7. The molecule has 4 nitrogen and oxygen atoms in total. The van der Waals surface area contributed by atoms with Gasteiger partial charge >= 0.3 is 0 Å². The van der Waals surface area contributed by atoms with Crippen LogP contribution >= 0.6 is 14.3 Å². The van der Waals surface area contributed by atoms with Crippen molar-refractivity contribution in [2.45, 2.75) is 0 Å². The molecule has 0 fully saturated rings. The van der Waals surface area contributed by atoms with Crippen molar-refractivity contribution in [3.05, 3.63) is 182 Å². The minimum Gasteiger partial charge on any atom is -0.309 e. The third-order valence-electron chi connectivity index (χ3n) is 9.51. The van der Waals surface area contributed by atoms with Crippen LogP contribution in [-0.4, -0.2) is 9.38 Å². The highest BCUT2D eigenvalue weighted by Gasteiger charge is 2.35. The van der Waals surface area contributed by atoms with E-state index >= 15 is 9.13 Å². The van der Waals surface area contributed by atoms with Gasteiger partial charge in [0.05, 0.1) is 16.6 Å². The van der Waals surface area contributed by atoms with E-state index in [9.17, 15) is 0 Å². The minimum atomic E-state index is -3.35. The largest absolute Gasteiger partial charge is 0.309 e. The predicted molar refractivity (Wildman–Crippen MR) is 206 cm³/mol. The highest BCUT2D eigenvalue weighted by atomic mass is 31.2. The Labute approximate surface area is 284 Å². The zero-order valence-electron chi connectivity index (χ0n) is 26.4. The fraction of sp³-hybridized carbons (Fsp3) is 0. The van der Waals surface area contributed by atoms with Crippen LogP contribution in [0, 0.1) is 0 Å². The molecule has 0 radical (unpaired) electrons. The molecule has 0 unspecified atom stereocenters. The molecule has 49 heavy (non-hydrogen) atoms. The molecule has 0 N–H and O–H groups in total. The molecule has 0 aliphatic carbocycles. The summed E-state index contributed by atoms with van der Waals surface area (Å²) in [5, 5.41) is 7.34. The normalized spacial score (nSPS) is 12.2. The van der Waals surface area contributed by atoms with E-state index < -0.39 is 14.3 Å². The molecule has 9 aromatic rings. The van der Waals surface area contributed by atoms with E-state index in [1.54, 1.807) is 0 Å². The Morgan fingerprint density at radius 1 is 0.408 bits per heavy atom. The average Bonchev–Trinajstić information content (AvgIpc) is 3.59. The van der Waals surface area contributed by atoms with E-state index in [1.165, 1.54) is 0 Å². The van der Waals surface area contributed by atoms with Crippen LogP contribution < -0.4 is 31.8 Å². The van der Waals surface area contributed by atoms with Crippen LogP contribution in [0.15, 0.2) is 182 Å². The Hall–Kier alpha value is -5.53. The highest BCUT2D eigenvalue weighted by molar-refractivity contribution is 7.86. The molecular formula is C43H30N2O2P2. The molecule has 0 atom stereocenters. The number of pyridine rings is 1. The fourth-order valence-corrected chi connectivity index (χ4v) is 13.1. The lowest BCUT2D eigenvalue weighted by Gasteiger charge is -2.23. The number of fused-ring (bicyclic) bond motifs is 8. The van der Waals surface area contributed by atoms with Gasteiger partial charge in [-0.25, -0.2) is 4.98 Å². The molecule has 0 saturated heterocycles. The Bertz CT molecular complexity index is 2680. The summed E-state index contributed by atoms with van der Waals surface area (Å²) >= 11 is 0. The van der Waals surface area contributed by atoms with Crippen LogP contribution in [0.4, 0.5) is 0 Å². The van der Waals surface area contributed by atoms with Gasteiger partial charge in [0.25, 0.3) is 0 Å². The van der Waals surface area contributed by atoms with Gasteiger partial charge in [-0.15, -0.1) is 0 Å². The number of imidazole rings is 1. The third kappa shape index (κ3) is 4.42. The van der Waals surface area contributed by atoms with Crippen molar-refractivity contribution in [3.8, 4) is 0 Å². The summed E-state index contributed by atoms with van der Waals surface area (Å²) in [6.45, 7) is 0. The molecule has 0 spiro atoms. The van der Waals surface area contributed by atoms with Crippen LogP contribution in [0.1, 0.15) is 0 Å². The first kappa shape index (κ1) is 29.6. The molecule has 2 heterocycles. The summed E-state index contributed by atoms with van der Waals surface area (Å²) in [5.41, 5.74) is 3.21. The lowest BCUT2D eigenvalue weighted by atomic mass is 10.1. The SMILES string of the molecule is O=P(c1ccccc1)(c1ccccc1)c1cccc2c1c1ccccc1n1c2nc2cccc(P(=O)(c3ccccc3)c3ccccc3)c21. The van der Waals surface area contributed by atoms with Gasteiger partial charge in [-0.1, -0.05) is 164 Å². The quantitative estimate of drug-likeness (QED) is 0.133. The van der Waals surface area contributed by atoms with E-state index in [2.05, 4.69) is 22.6 Å². The summed E-state index contributed by atoms with van der Waals surface area (Å²) in [4.78, 5) is 5.28. The number of benzene rings is 7. The lowest BCUT2D eigenvalue weighted by molar-refractivity contribution is 0.592. The Morgan fingerprint density at radius 2 is 0.837 bits per heavy atom. The first-order valence-electron chi connectivity index (χ1n) is 16.3. The molecule has 7 aromatic carbocycles. The van der Waals surface area contributed by atoms with Crippen LogP contribution in [0.25, 0.3) is 38.4 Å². The number of hydrogen-bond donors (Lipinski definition) is 0. The second kappa shape index (κ2) is 11.6. The van der Waals surface area contributed by atoms with Crippen molar-refractivity contribution in [2.24, 2.45) is 0 Å². The van der Waals surface area contributed by atoms with Gasteiger partial charge in [0.1, 0.15) is 5.65 Å². The number of para-hydroxylation sites is 2. The number of nitrogens with zero attached hydrogens (tertiary/aromatic N) is 2. The molecule has 2 aromatic heterocycles. The molecule has 0 aliphatic heterocycles. The molecule has 0 saturated carbocycles. The Kier molecular flexibility index (Phi) is 6.99. The smallest absolute Gasteiger partial charge is 0.173 e. The van der Waals surface area contributed by atoms with E-state index in [0.717, 1.165) is 70.2 Å². The first-order chi connectivity index (χ1) is 24.1. The van der Waals surface area contributed by atoms with Crippen molar-refractivity contribution < 1.29 is 9.13 Å². The average molecular weight is 669 g/mol. The van der Waals surface area contributed by atoms with Gasteiger partial charge in [-0.05, 0) is 18.2 Å². The molecule has 234 valence electrons. The van der Waals surface area contributed by atoms with Crippen molar-refractivity contribution in [3.63, 3.8) is 0 Å². The monoisotopic (exact) mass is 668 g/mol. The van der Waals surface area contributed by atoms with Crippen LogP contribution in [0.5, 0.6) is 0 Å². The van der Waals surface area contributed by atoms with Crippen LogP contribution in [0.2, 0.25) is 0 Å². The standard InChI is InChI=1S/C43H30N2O2P2/c46-48(31-17-5-1-6-18-31,32-19-7-2-8-20-32)39-29-15-26-36-41(39)35-25-13-14-28-38(35)45-42-37(44-43(36)45)27-16-30-40(42)49(47,33-21-9-3-10-22-33)34-23-11-4-12-24-34/h1-30H. The van der Waals surface area contributed by atoms with Crippen molar-refractivity contribution in [1.29, 1.82) is 0 Å². The number of rotatable bonds is 6. The number of aromatic nitrogens is 2. The fourth-order valence-electron chi connectivity index (χ4n) is 7.34. The summed E-state index contributed by atoms with van der Waals surface area (Å²) < 4.78 is 33.8. The van der Waals surface area contributed by atoms with E-state index in [0.29, 0.717) is 0 Å². The number of hydrogen-bond acceptors (Lipinski definition) is 3. The summed E-state index contributed by atoms with van der Waals surface area (Å²) in [6.07, 6.45) is 0. The molecule has 0 bridgehead atoms. The molecule has 0 amide bonds. The molecule has 6 heteroatoms. The van der Waals surface area contributed by atoms with Gasteiger partial charge in [-0.2, -0.15) is 0 Å². The Morgan fingerprint density at radius 3 is 1.39 bits per heavy atom. The van der Waals surface area contributed by atoms with E-state index in [1.807, 2.05) is 164 Å². The maximum atomic E-state index is 15.8. The maximum absolute atomic E-state index is 15.8. The minimum absolute atomic E-state index is 0.731. The van der Waals surface area contributed by atoms with Gasteiger partial charge in [0, 0.05) is 48.0 Å². The van der Waals surface area contributed by atoms with Gasteiger partial charge < -0.3 is 9.13 Å². The Balaban J connectivity index is 1.45. The lowest BCUT2D eigenvalue weighted by Crippen LogP contribution is -2.26. The second-order valence-electron chi connectivity index (χ2n) is 12.2. The summed E-state index contributed by atoms with van der Waals surface area (Å²) in [6, 6.07) is 59.4. The first-order valence-corrected chi connectivity index (χ1v) is 19.7. The zero-order valence-corrected chi connectivity index (χ0v) is 28.2. The maximum Gasteiger partial charge on any atom is 0.173 e. The van der Waals surface area contributed by atoms with E-state index in [-0.39, 0.29) is 0 Å². The van der Waals surface area contributed by atoms with Gasteiger partial charge in [0.2, 0.25) is 0 Å². The molecule has 0 aliphatic rings. The summed E-state index contributed by atoms with van der Waals surface area (Å²) in [5.74, 6) is 0. The van der Waals surface area contributed by atoms with E-state index in [4.69, 9.17) is 4.98 Å².